The monoisotopic (exact) mass is 611 g/mol. The van der Waals surface area contributed by atoms with Crippen LogP contribution >= 0.6 is 0 Å². The second kappa shape index (κ2) is 13.2. The Morgan fingerprint density at radius 3 is 2.29 bits per heavy atom. The van der Waals surface area contributed by atoms with E-state index in [4.69, 9.17) is 0 Å². The summed E-state index contributed by atoms with van der Waals surface area (Å²) in [5, 5.41) is 20.1. The van der Waals surface area contributed by atoms with Crippen molar-refractivity contribution in [2.45, 2.75) is 84.3 Å². The minimum Gasteiger partial charge on any atom is -0.388 e. The predicted octanol–water partition coefficient (Wildman–Crippen LogP) is 5.17. The van der Waals surface area contributed by atoms with Crippen molar-refractivity contribution >= 4 is 0 Å². The van der Waals surface area contributed by atoms with E-state index < -0.39 is 12.2 Å². The number of hydrogen-bond acceptors (Lipinski definition) is 2. The molecule has 3 aliphatic carbocycles. The zero-order valence-electron chi connectivity index (χ0n) is 18.0. The van der Waals surface area contributed by atoms with Crippen LogP contribution in [0.5, 0.6) is 0 Å². The van der Waals surface area contributed by atoms with Crippen molar-refractivity contribution in [3.63, 3.8) is 0 Å². The van der Waals surface area contributed by atoms with Gasteiger partial charge in [0.1, 0.15) is 0 Å². The molecular formula is C23H36O2Y3. The van der Waals surface area contributed by atoms with Gasteiger partial charge in [0.05, 0.1) is 12.2 Å². The fourth-order valence-electron chi connectivity index (χ4n) is 5.92. The summed E-state index contributed by atoms with van der Waals surface area (Å²) in [6.07, 6.45) is 12.5. The van der Waals surface area contributed by atoms with Crippen LogP contribution in [0.25, 0.3) is 0 Å². The van der Waals surface area contributed by atoms with Gasteiger partial charge in [-0.1, -0.05) is 57.1 Å². The van der Waals surface area contributed by atoms with Gasteiger partial charge >= 0.3 is 0 Å². The minimum atomic E-state index is -0.591. The fraction of sp³-hybridized carbons (Fsp3) is 0.739. The third kappa shape index (κ3) is 6.50. The molecule has 0 amide bonds. The van der Waals surface area contributed by atoms with E-state index in [0.717, 1.165) is 23.3 Å². The molecule has 0 saturated heterocycles. The Bertz CT molecular complexity index is 570. The molecule has 2 N–H and O–H groups in total. The van der Waals surface area contributed by atoms with E-state index in [0.29, 0.717) is 23.8 Å². The summed E-state index contributed by atoms with van der Waals surface area (Å²) in [5.41, 5.74) is 3.81. The van der Waals surface area contributed by atoms with Crippen LogP contribution in [-0.4, -0.2) is 22.4 Å². The van der Waals surface area contributed by atoms with Crippen LogP contribution in [0.15, 0.2) is 35.5 Å². The second-order valence-corrected chi connectivity index (χ2v) is 9.06. The Morgan fingerprint density at radius 2 is 1.71 bits per heavy atom. The van der Waals surface area contributed by atoms with Gasteiger partial charge in [0.15, 0.2) is 0 Å². The predicted molar refractivity (Wildman–Crippen MR) is 104 cm³/mol. The molecule has 3 radical (unpaired) electrons. The van der Waals surface area contributed by atoms with E-state index in [-0.39, 0.29) is 98.1 Å². The van der Waals surface area contributed by atoms with E-state index in [1.165, 1.54) is 38.5 Å². The van der Waals surface area contributed by atoms with Crippen molar-refractivity contribution in [3.05, 3.63) is 35.5 Å². The Hall–Kier alpha value is 2.45. The second-order valence-electron chi connectivity index (χ2n) is 9.06. The Labute approximate surface area is 247 Å². The van der Waals surface area contributed by atoms with Gasteiger partial charge in [0.2, 0.25) is 0 Å². The minimum absolute atomic E-state index is 0. The van der Waals surface area contributed by atoms with Gasteiger partial charge in [-0.2, -0.15) is 0 Å². The molecule has 3 aliphatic rings. The van der Waals surface area contributed by atoms with Crippen molar-refractivity contribution in [2.24, 2.45) is 23.2 Å². The van der Waals surface area contributed by atoms with Crippen LogP contribution in [0.2, 0.25) is 0 Å². The first-order valence-electron chi connectivity index (χ1n) is 10.3. The Balaban J connectivity index is 0.00000243. The molecule has 0 aliphatic heterocycles. The summed E-state index contributed by atoms with van der Waals surface area (Å²) in [7, 11) is 0. The molecular weight excluding hydrogens is 575 g/mol. The summed E-state index contributed by atoms with van der Waals surface area (Å²) in [5.74, 6) is 2.41. The molecule has 0 aromatic heterocycles. The average molecular weight is 611 g/mol. The number of fused-ring (bicyclic) bond motifs is 1. The van der Waals surface area contributed by atoms with Crippen LogP contribution in [0.3, 0.4) is 0 Å². The first kappa shape index (κ1) is 30.5. The van der Waals surface area contributed by atoms with Gasteiger partial charge in [-0.05, 0) is 73.7 Å². The molecule has 0 heterocycles. The number of rotatable bonds is 3. The van der Waals surface area contributed by atoms with Gasteiger partial charge < -0.3 is 10.2 Å². The van der Waals surface area contributed by atoms with Gasteiger partial charge in [-0.25, -0.2) is 0 Å². The molecule has 3 rings (SSSR count). The largest absolute Gasteiger partial charge is 0.388 e. The van der Waals surface area contributed by atoms with Crippen LogP contribution in [0, 0.1) is 23.2 Å². The van der Waals surface area contributed by atoms with Crippen molar-refractivity contribution in [3.8, 4) is 0 Å². The first-order chi connectivity index (χ1) is 11.9. The summed E-state index contributed by atoms with van der Waals surface area (Å²) in [6.45, 7) is 11.1. The molecule has 3 saturated carbocycles. The van der Waals surface area contributed by atoms with Crippen LogP contribution < -0.4 is 0 Å². The standard InChI is InChI=1S/C23H36O2.3Y/c1-5-15(2)19-10-11-20-18(7-6-12-23(19,20)4)9-8-17-13-21(24)16(3)22(25)14-17;;;/h8-9,15,19-22,24-25H,3,5-7,10-14H2,1-2,4H3;;;/b18-9+;;;/t15-,19?,20-,21+,22+,23+;;;/m0.../s1. The SMILES string of the molecule is C=C1[C@H](O)CC(=C/C=C2\CCC[C@]3(C)C([C@@H](C)CC)CC[C@@H]23)C[C@H]1O.[Y].[Y].[Y]. The van der Waals surface area contributed by atoms with Gasteiger partial charge in [0.25, 0.3) is 0 Å². The molecule has 1 unspecified atom stereocenters. The van der Waals surface area contributed by atoms with Gasteiger partial charge in [-0.15, -0.1) is 0 Å². The number of hydrogen-bond donors (Lipinski definition) is 2. The van der Waals surface area contributed by atoms with E-state index in [2.05, 4.69) is 39.5 Å². The van der Waals surface area contributed by atoms with E-state index in [1.807, 2.05) is 0 Å². The summed E-state index contributed by atoms with van der Waals surface area (Å²) in [6, 6.07) is 0. The average Bonchev–Trinajstić information content (AvgIpc) is 2.94. The normalized spacial score (nSPS) is 37.2. The van der Waals surface area contributed by atoms with Crippen molar-refractivity contribution in [2.75, 3.05) is 0 Å². The zero-order chi connectivity index (χ0) is 18.2. The Kier molecular flexibility index (Phi) is 14.4. The summed E-state index contributed by atoms with van der Waals surface area (Å²) < 4.78 is 0. The molecule has 6 atom stereocenters. The molecule has 149 valence electrons. The summed E-state index contributed by atoms with van der Waals surface area (Å²) in [4.78, 5) is 0. The number of aliphatic hydroxyl groups is 2. The molecule has 0 bridgehead atoms. The van der Waals surface area contributed by atoms with Gasteiger partial charge in [-0.3, -0.25) is 0 Å². The molecule has 0 spiro atoms. The van der Waals surface area contributed by atoms with Gasteiger partial charge in [0, 0.05) is 98.1 Å². The van der Waals surface area contributed by atoms with E-state index in [9.17, 15) is 10.2 Å². The third-order valence-electron chi connectivity index (χ3n) is 7.67. The maximum atomic E-state index is 10.0. The maximum Gasteiger partial charge on any atom is 0.0809 e. The zero-order valence-corrected chi connectivity index (χ0v) is 26.5. The molecule has 0 aromatic carbocycles. The molecule has 0 aromatic rings. The fourth-order valence-corrected chi connectivity index (χ4v) is 5.92. The van der Waals surface area contributed by atoms with Crippen LogP contribution in [-0.2, 0) is 98.1 Å². The van der Waals surface area contributed by atoms with Crippen LogP contribution in [0.4, 0.5) is 0 Å². The van der Waals surface area contributed by atoms with Crippen molar-refractivity contribution in [1.29, 1.82) is 0 Å². The quantitative estimate of drug-likeness (QED) is 0.433. The van der Waals surface area contributed by atoms with Crippen molar-refractivity contribution in [1.82, 2.24) is 0 Å². The third-order valence-corrected chi connectivity index (χ3v) is 7.67. The maximum absolute atomic E-state index is 10.0. The Morgan fingerprint density at radius 1 is 1.11 bits per heavy atom. The van der Waals surface area contributed by atoms with E-state index in [1.54, 1.807) is 5.57 Å². The number of allylic oxidation sites excluding steroid dienone is 3. The summed E-state index contributed by atoms with van der Waals surface area (Å²) >= 11 is 0. The molecule has 5 heteroatoms. The molecule has 2 nitrogen and oxygen atoms in total. The molecule has 28 heavy (non-hydrogen) atoms. The molecule has 3 fully saturated rings. The topological polar surface area (TPSA) is 40.5 Å². The van der Waals surface area contributed by atoms with Crippen LogP contribution in [0.1, 0.15) is 72.1 Å². The van der Waals surface area contributed by atoms with Crippen molar-refractivity contribution < 1.29 is 108 Å². The first-order valence-corrected chi connectivity index (χ1v) is 10.3. The number of aliphatic hydroxyl groups excluding tert-OH is 2. The smallest absolute Gasteiger partial charge is 0.0809 e. The van der Waals surface area contributed by atoms with E-state index >= 15 is 0 Å².